The molecule has 1 N–H and O–H groups in total. The van der Waals surface area contributed by atoms with Gasteiger partial charge >= 0.3 is 0 Å². The van der Waals surface area contributed by atoms with Gasteiger partial charge in [0.1, 0.15) is 0 Å². The lowest BCUT2D eigenvalue weighted by Crippen LogP contribution is -2.38. The molecule has 168 valence electrons. The summed E-state index contributed by atoms with van der Waals surface area (Å²) >= 11 is 12.2. The second-order valence-electron chi connectivity index (χ2n) is 9.16. The minimum Gasteiger partial charge on any atom is -0.378 e. The van der Waals surface area contributed by atoms with Crippen molar-refractivity contribution in [2.75, 3.05) is 36.5 Å². The number of nitrogens with one attached hydrogen (secondary N) is 1. The van der Waals surface area contributed by atoms with Gasteiger partial charge in [-0.1, -0.05) is 30.1 Å². The van der Waals surface area contributed by atoms with E-state index in [0.29, 0.717) is 52.6 Å². The van der Waals surface area contributed by atoms with Gasteiger partial charge in [0, 0.05) is 37.1 Å². The lowest BCUT2D eigenvalue weighted by molar-refractivity contribution is -0.122. The highest BCUT2D eigenvalue weighted by molar-refractivity contribution is 6.42. The van der Waals surface area contributed by atoms with Gasteiger partial charge in [-0.3, -0.25) is 4.79 Å². The molecule has 0 spiro atoms. The molecule has 2 bridgehead atoms. The Morgan fingerprint density at radius 1 is 1.09 bits per heavy atom. The molecule has 1 aliphatic carbocycles. The average molecular weight is 475 g/mol. The number of rotatable bonds is 4. The summed E-state index contributed by atoms with van der Waals surface area (Å²) in [4.78, 5) is 24.8. The molecule has 6 rings (SSSR count). The van der Waals surface area contributed by atoms with Crippen LogP contribution in [0.4, 0.5) is 11.6 Å². The van der Waals surface area contributed by atoms with Gasteiger partial charge in [0.15, 0.2) is 0 Å². The van der Waals surface area contributed by atoms with Crippen molar-refractivity contribution < 1.29 is 14.3 Å². The lowest BCUT2D eigenvalue weighted by Gasteiger charge is -2.28. The second kappa shape index (κ2) is 7.83. The predicted molar refractivity (Wildman–Crippen MR) is 121 cm³/mol. The average Bonchev–Trinajstić information content (AvgIpc) is 3.16. The molecule has 0 radical (unpaired) electrons. The highest BCUT2D eigenvalue weighted by atomic mass is 35.5. The summed E-state index contributed by atoms with van der Waals surface area (Å²) < 4.78 is 11.8. The SMILES string of the molecule is CC1C2C1[C@@H]1O[C@H]2[C@@H](C(=O)Nc2ccc(Cl)c(Cl)c2)[C@H]1c1cnc(N2CCOCC2)nc1. The summed E-state index contributed by atoms with van der Waals surface area (Å²) in [6, 6.07) is 5.12. The molecule has 4 heterocycles. The molecule has 4 aliphatic rings. The number of carbonyl (C=O) groups excluding carboxylic acids is 1. The maximum absolute atomic E-state index is 13.4. The third-order valence-electron chi connectivity index (χ3n) is 7.51. The molecule has 3 aliphatic heterocycles. The summed E-state index contributed by atoms with van der Waals surface area (Å²) in [5.41, 5.74) is 1.59. The number of carbonyl (C=O) groups is 1. The summed E-state index contributed by atoms with van der Waals surface area (Å²) in [7, 11) is 0. The Labute approximate surface area is 196 Å². The zero-order chi connectivity index (χ0) is 22.0. The number of hydrogen-bond donors (Lipinski definition) is 1. The van der Waals surface area contributed by atoms with Crippen LogP contribution in [0.2, 0.25) is 10.0 Å². The molecule has 1 aromatic carbocycles. The molecular weight excluding hydrogens is 451 g/mol. The van der Waals surface area contributed by atoms with Crippen LogP contribution < -0.4 is 10.2 Å². The van der Waals surface area contributed by atoms with E-state index >= 15 is 0 Å². The molecular formula is C23H24Cl2N4O3. The Hall–Kier alpha value is -1.93. The molecule has 7 atom stereocenters. The minimum atomic E-state index is -0.293. The molecule has 1 aromatic heterocycles. The fourth-order valence-electron chi connectivity index (χ4n) is 5.92. The summed E-state index contributed by atoms with van der Waals surface area (Å²) in [6.07, 6.45) is 3.69. The maximum atomic E-state index is 13.4. The minimum absolute atomic E-state index is 0.0300. The van der Waals surface area contributed by atoms with E-state index in [4.69, 9.17) is 32.7 Å². The zero-order valence-electron chi connectivity index (χ0n) is 17.6. The van der Waals surface area contributed by atoms with E-state index < -0.39 is 0 Å². The second-order valence-corrected chi connectivity index (χ2v) is 9.98. The van der Waals surface area contributed by atoms with Crippen molar-refractivity contribution >= 4 is 40.7 Å². The lowest BCUT2D eigenvalue weighted by atomic mass is 9.75. The molecule has 1 amide bonds. The first kappa shape index (κ1) is 20.7. The van der Waals surface area contributed by atoms with E-state index in [2.05, 4.69) is 27.1 Å². The van der Waals surface area contributed by atoms with Crippen LogP contribution in [-0.4, -0.2) is 54.4 Å². The fraction of sp³-hybridized carbons (Fsp3) is 0.522. The van der Waals surface area contributed by atoms with Gasteiger partial charge in [0.2, 0.25) is 11.9 Å². The van der Waals surface area contributed by atoms with E-state index in [-0.39, 0.29) is 30.0 Å². The maximum Gasteiger partial charge on any atom is 0.230 e. The first-order chi connectivity index (χ1) is 15.5. The Morgan fingerprint density at radius 3 is 2.53 bits per heavy atom. The largest absolute Gasteiger partial charge is 0.378 e. The van der Waals surface area contributed by atoms with Crippen molar-refractivity contribution in [3.8, 4) is 0 Å². The molecule has 4 fully saturated rings. The van der Waals surface area contributed by atoms with Crippen molar-refractivity contribution in [3.63, 3.8) is 0 Å². The van der Waals surface area contributed by atoms with Crippen LogP contribution in [0, 0.1) is 23.7 Å². The van der Waals surface area contributed by atoms with Crippen molar-refractivity contribution in [2.45, 2.75) is 25.0 Å². The number of morpholine rings is 1. The Balaban J connectivity index is 1.27. The standard InChI is InChI=1S/C23H24Cl2N4O3/c1-11-16-17(11)21-19(22(30)28-13-2-3-14(24)15(25)8-13)18(20(16)32-21)12-9-26-23(27-10-12)29-4-6-31-7-5-29/h2-3,8-11,16-21H,4-7H2,1H3,(H,28,30)/t11?,16?,17?,18-,19+,20+,21-/m1/s1. The van der Waals surface area contributed by atoms with Crippen molar-refractivity contribution in [1.82, 2.24) is 9.97 Å². The van der Waals surface area contributed by atoms with Crippen LogP contribution >= 0.6 is 23.2 Å². The number of nitrogens with zero attached hydrogens (tertiary/aromatic N) is 3. The third kappa shape index (κ3) is 3.29. The van der Waals surface area contributed by atoms with Crippen LogP contribution in [-0.2, 0) is 14.3 Å². The normalized spacial score (nSPS) is 35.0. The van der Waals surface area contributed by atoms with Crippen molar-refractivity contribution in [1.29, 1.82) is 0 Å². The number of aromatic nitrogens is 2. The highest BCUT2D eigenvalue weighted by Crippen LogP contribution is 2.68. The predicted octanol–water partition coefficient (Wildman–Crippen LogP) is 3.62. The van der Waals surface area contributed by atoms with E-state index in [0.717, 1.165) is 18.7 Å². The number of amides is 1. The van der Waals surface area contributed by atoms with Crippen LogP contribution in [0.3, 0.4) is 0 Å². The van der Waals surface area contributed by atoms with Crippen LogP contribution in [0.1, 0.15) is 18.4 Å². The van der Waals surface area contributed by atoms with Crippen molar-refractivity contribution in [3.05, 3.63) is 46.2 Å². The van der Waals surface area contributed by atoms with Gasteiger partial charge in [-0.25, -0.2) is 9.97 Å². The number of ether oxygens (including phenoxy) is 2. The molecule has 1 saturated carbocycles. The Bertz CT molecular complexity index is 1050. The van der Waals surface area contributed by atoms with Gasteiger partial charge in [-0.15, -0.1) is 0 Å². The summed E-state index contributed by atoms with van der Waals surface area (Å²) in [6.45, 7) is 5.19. The topological polar surface area (TPSA) is 76.6 Å². The van der Waals surface area contributed by atoms with Gasteiger partial charge in [0.25, 0.3) is 0 Å². The number of halogens is 2. The van der Waals surface area contributed by atoms with Gasteiger partial charge in [0.05, 0.1) is 41.4 Å². The first-order valence-electron chi connectivity index (χ1n) is 11.1. The van der Waals surface area contributed by atoms with Crippen LogP contribution in [0.25, 0.3) is 0 Å². The van der Waals surface area contributed by atoms with Gasteiger partial charge in [-0.2, -0.15) is 0 Å². The smallest absolute Gasteiger partial charge is 0.230 e. The number of anilines is 2. The van der Waals surface area contributed by atoms with Gasteiger partial charge < -0.3 is 19.7 Å². The zero-order valence-corrected chi connectivity index (χ0v) is 19.1. The molecule has 3 saturated heterocycles. The van der Waals surface area contributed by atoms with E-state index in [1.165, 1.54) is 0 Å². The Kier molecular flexibility index (Phi) is 5.06. The van der Waals surface area contributed by atoms with E-state index in [1.807, 2.05) is 12.4 Å². The van der Waals surface area contributed by atoms with Crippen LogP contribution in [0.15, 0.2) is 30.6 Å². The summed E-state index contributed by atoms with van der Waals surface area (Å²) in [5.74, 6) is 1.84. The van der Waals surface area contributed by atoms with Crippen molar-refractivity contribution in [2.24, 2.45) is 23.7 Å². The van der Waals surface area contributed by atoms with Gasteiger partial charge in [-0.05, 0) is 41.5 Å². The monoisotopic (exact) mass is 474 g/mol. The molecule has 9 heteroatoms. The number of benzene rings is 1. The third-order valence-corrected chi connectivity index (χ3v) is 8.25. The summed E-state index contributed by atoms with van der Waals surface area (Å²) in [5, 5.41) is 3.90. The quantitative estimate of drug-likeness (QED) is 0.728. The number of fused-ring (bicyclic) bond motifs is 5. The molecule has 32 heavy (non-hydrogen) atoms. The first-order valence-corrected chi connectivity index (χ1v) is 11.8. The van der Waals surface area contributed by atoms with E-state index in [9.17, 15) is 4.79 Å². The molecule has 3 unspecified atom stereocenters. The highest BCUT2D eigenvalue weighted by Gasteiger charge is 2.72. The number of hydrogen-bond acceptors (Lipinski definition) is 6. The fourth-order valence-corrected chi connectivity index (χ4v) is 6.22. The van der Waals surface area contributed by atoms with Crippen LogP contribution in [0.5, 0.6) is 0 Å². The molecule has 7 nitrogen and oxygen atoms in total. The Morgan fingerprint density at radius 2 is 1.81 bits per heavy atom. The molecule has 2 aromatic rings. The van der Waals surface area contributed by atoms with E-state index in [1.54, 1.807) is 18.2 Å².